The molecule has 6 rings (SSSR count). The van der Waals surface area contributed by atoms with Crippen LogP contribution in [0.25, 0.3) is 0 Å². The molecule has 6 aliphatic rings. The van der Waals surface area contributed by atoms with Crippen molar-refractivity contribution in [1.82, 2.24) is 4.90 Å². The molecule has 0 spiro atoms. The number of carbonyl (C=O) groups is 2. The average Bonchev–Trinajstić information content (AvgIpc) is 3.57. The summed E-state index contributed by atoms with van der Waals surface area (Å²) in [5, 5.41) is 11.8. The number of carbonyl (C=O) groups excluding carboxylic acids is 1. The number of hydrogen-bond donors (Lipinski definition) is 1. The van der Waals surface area contributed by atoms with Gasteiger partial charge in [0.15, 0.2) is 6.29 Å². The number of nitrogens with zero attached hydrogens (tertiary/aromatic N) is 1. The van der Waals surface area contributed by atoms with Crippen LogP contribution in [0.4, 0.5) is 0 Å². The van der Waals surface area contributed by atoms with E-state index in [9.17, 15) is 14.7 Å². The van der Waals surface area contributed by atoms with Crippen molar-refractivity contribution in [2.75, 3.05) is 19.7 Å². The molecule has 0 aromatic carbocycles. The van der Waals surface area contributed by atoms with Gasteiger partial charge in [-0.25, -0.2) is 0 Å². The standard InChI is InChI=1S/C30H42ClNO5/c1-17(2)23-10-20-11-28(15-33)22-9-8-18(3)21(22)12-29(20,30(23,28)27(34)35)16-36-26-14-32(13-19(4)31)24-6-5-7-25(24)37-26/h10,15,17-18,20-22,24-26H,4-9,11-14,16H2,1-3H3,(H,34,35)/t18-,20?,21-,22-,24-,25-,26-,28?,29?,30+/m1/s1. The lowest BCUT2D eigenvalue weighted by Gasteiger charge is -2.58. The highest BCUT2D eigenvalue weighted by Gasteiger charge is 2.84. The molecule has 1 aliphatic heterocycles. The maximum Gasteiger partial charge on any atom is 0.315 e. The number of halogens is 1. The lowest BCUT2D eigenvalue weighted by molar-refractivity contribution is -0.245. The Balaban J connectivity index is 1.37. The van der Waals surface area contributed by atoms with Crippen molar-refractivity contribution in [1.29, 1.82) is 0 Å². The van der Waals surface area contributed by atoms with Gasteiger partial charge in [-0.2, -0.15) is 0 Å². The molecule has 7 heteroatoms. The highest BCUT2D eigenvalue weighted by atomic mass is 35.5. The third-order valence-electron chi connectivity index (χ3n) is 11.6. The van der Waals surface area contributed by atoms with Crippen LogP contribution in [-0.4, -0.2) is 60.4 Å². The summed E-state index contributed by atoms with van der Waals surface area (Å²) in [6.45, 7) is 11.9. The molecule has 1 N–H and O–H groups in total. The van der Waals surface area contributed by atoms with Crippen LogP contribution in [0, 0.1) is 45.8 Å². The maximum absolute atomic E-state index is 13.6. The zero-order valence-corrected chi connectivity index (χ0v) is 23.2. The Bertz CT molecular complexity index is 1030. The molecule has 6 nitrogen and oxygen atoms in total. The van der Waals surface area contributed by atoms with Crippen LogP contribution in [0.1, 0.15) is 65.7 Å². The highest BCUT2D eigenvalue weighted by molar-refractivity contribution is 6.29. The van der Waals surface area contributed by atoms with Crippen LogP contribution in [-0.2, 0) is 19.1 Å². The number of fused-ring (bicyclic) bond motifs is 3. The fourth-order valence-corrected chi connectivity index (χ4v) is 10.6. The minimum absolute atomic E-state index is 0.0329. The maximum atomic E-state index is 13.6. The molecule has 5 fully saturated rings. The van der Waals surface area contributed by atoms with Gasteiger partial charge in [0.2, 0.25) is 0 Å². The molecule has 0 aromatic rings. The number of hydrogen-bond acceptors (Lipinski definition) is 5. The van der Waals surface area contributed by atoms with E-state index in [0.717, 1.165) is 50.4 Å². The first-order chi connectivity index (χ1) is 17.6. The Morgan fingerprint density at radius 1 is 1.32 bits per heavy atom. The van der Waals surface area contributed by atoms with E-state index >= 15 is 0 Å². The van der Waals surface area contributed by atoms with Crippen LogP contribution in [0.15, 0.2) is 23.3 Å². The lowest BCUT2D eigenvalue weighted by atomic mass is 9.43. The number of carboxylic acids is 1. The number of ether oxygens (including phenoxy) is 2. The first-order valence-electron chi connectivity index (χ1n) is 14.4. The largest absolute Gasteiger partial charge is 0.481 e. The Kier molecular flexibility index (Phi) is 6.27. The smallest absolute Gasteiger partial charge is 0.315 e. The van der Waals surface area contributed by atoms with E-state index in [1.807, 2.05) is 0 Å². The monoisotopic (exact) mass is 531 g/mol. The van der Waals surface area contributed by atoms with Gasteiger partial charge >= 0.3 is 5.97 Å². The van der Waals surface area contributed by atoms with Crippen molar-refractivity contribution in [2.24, 2.45) is 45.8 Å². The van der Waals surface area contributed by atoms with Crippen molar-refractivity contribution >= 4 is 23.9 Å². The zero-order valence-electron chi connectivity index (χ0n) is 22.5. The summed E-state index contributed by atoms with van der Waals surface area (Å²) in [7, 11) is 0. The lowest BCUT2D eigenvalue weighted by Crippen LogP contribution is -2.64. The summed E-state index contributed by atoms with van der Waals surface area (Å²) in [4.78, 5) is 29.1. The predicted molar refractivity (Wildman–Crippen MR) is 141 cm³/mol. The molecule has 204 valence electrons. The van der Waals surface area contributed by atoms with Gasteiger partial charge in [-0.15, -0.1) is 0 Å². The first kappa shape index (κ1) is 26.0. The van der Waals surface area contributed by atoms with Gasteiger partial charge in [0, 0.05) is 23.0 Å². The minimum Gasteiger partial charge on any atom is -0.481 e. The van der Waals surface area contributed by atoms with Gasteiger partial charge in [0.1, 0.15) is 11.7 Å². The molecule has 10 atom stereocenters. The molecule has 1 heterocycles. The molecule has 0 amide bonds. The van der Waals surface area contributed by atoms with E-state index in [4.69, 9.17) is 21.1 Å². The zero-order chi connectivity index (χ0) is 26.3. The summed E-state index contributed by atoms with van der Waals surface area (Å²) in [5.41, 5.74) is -1.75. The van der Waals surface area contributed by atoms with E-state index < -0.39 is 28.5 Å². The van der Waals surface area contributed by atoms with Gasteiger partial charge in [-0.05, 0) is 68.1 Å². The Morgan fingerprint density at radius 3 is 2.78 bits per heavy atom. The second kappa shape index (κ2) is 8.90. The van der Waals surface area contributed by atoms with Crippen molar-refractivity contribution in [3.63, 3.8) is 0 Å². The van der Waals surface area contributed by atoms with E-state index in [1.54, 1.807) is 0 Å². The average molecular weight is 532 g/mol. The van der Waals surface area contributed by atoms with Gasteiger partial charge < -0.3 is 19.4 Å². The number of aliphatic carboxylic acids is 1. The Hall–Kier alpha value is -1.21. The third-order valence-corrected chi connectivity index (χ3v) is 11.7. The predicted octanol–water partition coefficient (Wildman–Crippen LogP) is 5.26. The van der Waals surface area contributed by atoms with Crippen LogP contribution in [0.3, 0.4) is 0 Å². The van der Waals surface area contributed by atoms with Crippen molar-refractivity contribution in [3.05, 3.63) is 23.3 Å². The second-order valence-electron chi connectivity index (χ2n) is 13.3. The summed E-state index contributed by atoms with van der Waals surface area (Å²) < 4.78 is 13.1. The topological polar surface area (TPSA) is 76.1 Å². The van der Waals surface area contributed by atoms with Gasteiger partial charge in [0.25, 0.3) is 0 Å². The van der Waals surface area contributed by atoms with E-state index in [0.29, 0.717) is 49.0 Å². The van der Waals surface area contributed by atoms with Gasteiger partial charge in [-0.3, -0.25) is 9.69 Å². The number of allylic oxidation sites excluding steroid dienone is 1. The second-order valence-corrected chi connectivity index (χ2v) is 13.9. The summed E-state index contributed by atoms with van der Waals surface area (Å²) >= 11 is 6.22. The van der Waals surface area contributed by atoms with E-state index in [1.165, 1.54) is 0 Å². The molecule has 0 aromatic heterocycles. The van der Waals surface area contributed by atoms with Crippen LogP contribution in [0.2, 0.25) is 0 Å². The van der Waals surface area contributed by atoms with Crippen LogP contribution < -0.4 is 0 Å². The Morgan fingerprint density at radius 2 is 2.11 bits per heavy atom. The quantitative estimate of drug-likeness (QED) is 0.340. The fourth-order valence-electron chi connectivity index (χ4n) is 10.4. The van der Waals surface area contributed by atoms with Gasteiger partial charge in [0.05, 0.1) is 24.7 Å². The number of morpholine rings is 1. The van der Waals surface area contributed by atoms with Gasteiger partial charge in [-0.1, -0.05) is 57.0 Å². The Labute approximate surface area is 225 Å². The van der Waals surface area contributed by atoms with Crippen molar-refractivity contribution in [2.45, 2.75) is 84.2 Å². The molecule has 4 bridgehead atoms. The highest BCUT2D eigenvalue weighted by Crippen LogP contribution is 2.82. The summed E-state index contributed by atoms with van der Waals surface area (Å²) in [6.07, 6.45) is 9.61. The number of carboxylic acid groups (broad SMARTS) is 1. The molecule has 4 saturated carbocycles. The van der Waals surface area contributed by atoms with E-state index in [-0.39, 0.29) is 23.9 Å². The van der Waals surface area contributed by atoms with Crippen molar-refractivity contribution < 1.29 is 24.2 Å². The van der Waals surface area contributed by atoms with Crippen LogP contribution >= 0.6 is 11.6 Å². The molecule has 5 aliphatic carbocycles. The first-order valence-corrected chi connectivity index (χ1v) is 14.8. The summed E-state index contributed by atoms with van der Waals surface area (Å²) in [5.74, 6) is 0.240. The molecule has 1 saturated heterocycles. The molecule has 3 unspecified atom stereocenters. The minimum atomic E-state index is -1.21. The molecular formula is C30H42ClNO5. The SMILES string of the molecule is C=C(Cl)CN1C[C@H](OCC23C[C@@H]4[C@H](C)CC[C@H]4C4(C=O)CC2C=C(C(C)C)[C@@]34C(=O)O)O[C@@H]2CCC[C@H]21. The fraction of sp³-hybridized carbons (Fsp3) is 0.800. The molecule has 37 heavy (non-hydrogen) atoms. The number of aldehydes is 1. The molecule has 0 radical (unpaired) electrons. The van der Waals surface area contributed by atoms with Crippen LogP contribution in [0.5, 0.6) is 0 Å². The van der Waals surface area contributed by atoms with Crippen molar-refractivity contribution in [3.8, 4) is 0 Å². The number of rotatable bonds is 8. The van der Waals surface area contributed by atoms with E-state index in [2.05, 4.69) is 38.3 Å². The summed E-state index contributed by atoms with van der Waals surface area (Å²) in [6, 6.07) is 0.327. The molecular weight excluding hydrogens is 490 g/mol. The normalized spacial score (nSPS) is 48.1. The third kappa shape index (κ3) is 3.28.